The van der Waals surface area contributed by atoms with Gasteiger partial charge in [-0.25, -0.2) is 0 Å². The van der Waals surface area contributed by atoms with Crippen molar-refractivity contribution in [3.63, 3.8) is 0 Å². The topological polar surface area (TPSA) is 55.2 Å². The molecular weight excluding hydrogens is 224 g/mol. The molecule has 1 heterocycles. The minimum Gasteiger partial charge on any atom is -0.312 e. The van der Waals surface area contributed by atoms with Gasteiger partial charge in [-0.2, -0.15) is 0 Å². The molecular formula is C11H16N2O2S. The van der Waals surface area contributed by atoms with Gasteiger partial charge in [0.25, 0.3) is 0 Å². The van der Waals surface area contributed by atoms with E-state index in [1.165, 1.54) is 24.2 Å². The molecule has 0 saturated heterocycles. The third-order valence-electron chi connectivity index (χ3n) is 3.04. The molecule has 1 aromatic rings. The van der Waals surface area contributed by atoms with E-state index in [0.717, 1.165) is 30.5 Å². The molecule has 1 aromatic heterocycles. The first-order valence-electron chi connectivity index (χ1n) is 5.59. The molecule has 88 valence electrons. The lowest BCUT2D eigenvalue weighted by Crippen LogP contribution is -2.21. The predicted molar refractivity (Wildman–Crippen MR) is 64.6 cm³/mol. The van der Waals surface area contributed by atoms with Crippen LogP contribution in [-0.2, 0) is 6.54 Å². The lowest BCUT2D eigenvalue weighted by Gasteiger charge is -2.10. The molecule has 1 unspecified atom stereocenters. The SMILES string of the molecule is CC(CNCc1csc([N+](=O)[O-])c1)C1CC1. The van der Waals surface area contributed by atoms with Gasteiger partial charge in [0.05, 0.1) is 4.92 Å². The zero-order valence-electron chi connectivity index (χ0n) is 9.31. The van der Waals surface area contributed by atoms with E-state index in [9.17, 15) is 10.1 Å². The van der Waals surface area contributed by atoms with Crippen molar-refractivity contribution < 1.29 is 4.92 Å². The van der Waals surface area contributed by atoms with Crippen molar-refractivity contribution in [1.29, 1.82) is 0 Å². The third kappa shape index (κ3) is 3.02. The van der Waals surface area contributed by atoms with Crippen LogP contribution in [0.3, 0.4) is 0 Å². The van der Waals surface area contributed by atoms with Crippen LogP contribution < -0.4 is 5.32 Å². The van der Waals surface area contributed by atoms with Crippen LogP contribution in [0.5, 0.6) is 0 Å². The third-order valence-corrected chi connectivity index (χ3v) is 3.97. The van der Waals surface area contributed by atoms with E-state index in [2.05, 4.69) is 12.2 Å². The quantitative estimate of drug-likeness (QED) is 0.614. The highest BCUT2D eigenvalue weighted by Crippen LogP contribution is 2.36. The monoisotopic (exact) mass is 240 g/mol. The van der Waals surface area contributed by atoms with Gasteiger partial charge in [-0.1, -0.05) is 18.3 Å². The summed E-state index contributed by atoms with van der Waals surface area (Å²) in [5, 5.41) is 15.9. The van der Waals surface area contributed by atoms with Crippen LogP contribution in [0.4, 0.5) is 5.00 Å². The maximum absolute atomic E-state index is 10.5. The highest BCUT2D eigenvalue weighted by atomic mass is 32.1. The van der Waals surface area contributed by atoms with Gasteiger partial charge in [-0.3, -0.25) is 10.1 Å². The minimum absolute atomic E-state index is 0.229. The molecule has 0 aliphatic heterocycles. The molecule has 1 aliphatic carbocycles. The van der Waals surface area contributed by atoms with Gasteiger partial charge in [-0.15, -0.1) is 0 Å². The number of thiophene rings is 1. The standard InChI is InChI=1S/C11H16N2O2S/c1-8(10-2-3-10)5-12-6-9-4-11(13(14)15)16-7-9/h4,7-8,10,12H,2-3,5-6H2,1H3. The van der Waals surface area contributed by atoms with Gasteiger partial charge in [-0.05, 0) is 36.8 Å². The zero-order valence-corrected chi connectivity index (χ0v) is 10.1. The van der Waals surface area contributed by atoms with Crippen LogP contribution in [0.2, 0.25) is 0 Å². The van der Waals surface area contributed by atoms with E-state index >= 15 is 0 Å². The second kappa shape index (κ2) is 4.93. The van der Waals surface area contributed by atoms with E-state index in [0.29, 0.717) is 0 Å². The normalized spacial score (nSPS) is 17.3. The fraction of sp³-hybridized carbons (Fsp3) is 0.636. The Labute approximate surface area is 98.8 Å². The number of hydrogen-bond donors (Lipinski definition) is 1. The Kier molecular flexibility index (Phi) is 3.56. The number of nitro groups is 1. The average Bonchev–Trinajstić information content (AvgIpc) is 2.98. The zero-order chi connectivity index (χ0) is 11.5. The summed E-state index contributed by atoms with van der Waals surface area (Å²) in [6.07, 6.45) is 2.74. The van der Waals surface area contributed by atoms with Crippen LogP contribution in [0.25, 0.3) is 0 Å². The van der Waals surface area contributed by atoms with Crippen molar-refractivity contribution in [2.75, 3.05) is 6.54 Å². The summed E-state index contributed by atoms with van der Waals surface area (Å²) < 4.78 is 0. The lowest BCUT2D eigenvalue weighted by molar-refractivity contribution is -0.380. The Morgan fingerprint density at radius 3 is 3.00 bits per heavy atom. The van der Waals surface area contributed by atoms with Crippen molar-refractivity contribution in [3.05, 3.63) is 27.1 Å². The van der Waals surface area contributed by atoms with Crippen LogP contribution >= 0.6 is 11.3 Å². The number of nitrogens with zero attached hydrogens (tertiary/aromatic N) is 1. The second-order valence-corrected chi connectivity index (χ2v) is 5.39. The van der Waals surface area contributed by atoms with Crippen molar-refractivity contribution >= 4 is 16.3 Å². The molecule has 16 heavy (non-hydrogen) atoms. The molecule has 1 atom stereocenters. The molecule has 5 heteroatoms. The summed E-state index contributed by atoms with van der Waals surface area (Å²) in [6, 6.07) is 1.65. The van der Waals surface area contributed by atoms with Crippen molar-refractivity contribution in [2.45, 2.75) is 26.3 Å². The van der Waals surface area contributed by atoms with Crippen molar-refractivity contribution in [2.24, 2.45) is 11.8 Å². The van der Waals surface area contributed by atoms with Gasteiger partial charge in [0.1, 0.15) is 0 Å². The largest absolute Gasteiger partial charge is 0.324 e. The van der Waals surface area contributed by atoms with Crippen molar-refractivity contribution in [3.8, 4) is 0 Å². The molecule has 0 radical (unpaired) electrons. The van der Waals surface area contributed by atoms with Gasteiger partial charge in [0.15, 0.2) is 0 Å². The van der Waals surface area contributed by atoms with Gasteiger partial charge < -0.3 is 5.32 Å². The predicted octanol–water partition coefficient (Wildman–Crippen LogP) is 2.79. The summed E-state index contributed by atoms with van der Waals surface area (Å²) in [7, 11) is 0. The van der Waals surface area contributed by atoms with Gasteiger partial charge in [0.2, 0.25) is 0 Å². The molecule has 2 rings (SSSR count). The number of hydrogen-bond acceptors (Lipinski definition) is 4. The van der Waals surface area contributed by atoms with E-state index in [1.54, 1.807) is 6.07 Å². The fourth-order valence-electron chi connectivity index (χ4n) is 1.83. The smallest absolute Gasteiger partial charge is 0.312 e. The van der Waals surface area contributed by atoms with E-state index in [4.69, 9.17) is 0 Å². The highest BCUT2D eigenvalue weighted by Gasteiger charge is 2.27. The molecule has 1 N–H and O–H groups in total. The summed E-state index contributed by atoms with van der Waals surface area (Å²) in [4.78, 5) is 10.2. The summed E-state index contributed by atoms with van der Waals surface area (Å²) in [5.41, 5.74) is 1.01. The Hall–Kier alpha value is -0.940. The van der Waals surface area contributed by atoms with E-state index in [1.807, 2.05) is 5.38 Å². The first kappa shape index (κ1) is 11.5. The van der Waals surface area contributed by atoms with Gasteiger partial charge >= 0.3 is 5.00 Å². The Balaban J connectivity index is 1.73. The number of nitrogens with one attached hydrogen (secondary N) is 1. The Morgan fingerprint density at radius 2 is 2.44 bits per heavy atom. The first-order chi connectivity index (χ1) is 7.66. The van der Waals surface area contributed by atoms with Crippen LogP contribution in [0.15, 0.2) is 11.4 Å². The van der Waals surface area contributed by atoms with E-state index < -0.39 is 0 Å². The maximum Gasteiger partial charge on any atom is 0.324 e. The summed E-state index contributed by atoms with van der Waals surface area (Å²) in [5.74, 6) is 1.64. The van der Waals surface area contributed by atoms with Crippen LogP contribution in [0, 0.1) is 22.0 Å². The van der Waals surface area contributed by atoms with Crippen LogP contribution in [-0.4, -0.2) is 11.5 Å². The molecule has 0 amide bonds. The van der Waals surface area contributed by atoms with Gasteiger partial charge in [0, 0.05) is 18.0 Å². The molecule has 1 aliphatic rings. The fourth-order valence-corrected chi connectivity index (χ4v) is 2.56. The second-order valence-electron chi connectivity index (χ2n) is 4.50. The lowest BCUT2D eigenvalue weighted by atomic mass is 10.1. The maximum atomic E-state index is 10.5. The average molecular weight is 240 g/mol. The summed E-state index contributed by atoms with van der Waals surface area (Å²) in [6.45, 7) is 4.01. The van der Waals surface area contributed by atoms with Crippen LogP contribution in [0.1, 0.15) is 25.3 Å². The van der Waals surface area contributed by atoms with E-state index in [-0.39, 0.29) is 9.92 Å². The Morgan fingerprint density at radius 1 is 1.69 bits per heavy atom. The Bertz CT molecular complexity index is 374. The number of rotatable bonds is 6. The molecule has 1 saturated carbocycles. The molecule has 4 nitrogen and oxygen atoms in total. The van der Waals surface area contributed by atoms with Crippen molar-refractivity contribution in [1.82, 2.24) is 5.32 Å². The summed E-state index contributed by atoms with van der Waals surface area (Å²) >= 11 is 1.20. The minimum atomic E-state index is -0.332. The highest BCUT2D eigenvalue weighted by molar-refractivity contribution is 7.13. The molecule has 0 bridgehead atoms. The molecule has 0 aromatic carbocycles. The molecule has 1 fully saturated rings. The first-order valence-corrected chi connectivity index (χ1v) is 6.47. The molecule has 0 spiro atoms.